The minimum atomic E-state index is 0.0788. The van der Waals surface area contributed by atoms with Gasteiger partial charge in [-0.3, -0.25) is 4.79 Å². The van der Waals surface area contributed by atoms with Gasteiger partial charge in [0.1, 0.15) is 5.00 Å². The molecule has 1 aliphatic heterocycles. The number of amides is 1. The van der Waals surface area contributed by atoms with Gasteiger partial charge in [-0.25, -0.2) is 4.98 Å². The van der Waals surface area contributed by atoms with Crippen molar-refractivity contribution in [2.24, 2.45) is 0 Å². The van der Waals surface area contributed by atoms with Crippen LogP contribution in [-0.2, 0) is 0 Å². The molecule has 2 aromatic heterocycles. The van der Waals surface area contributed by atoms with Crippen LogP contribution in [0.5, 0.6) is 0 Å². The Kier molecular flexibility index (Phi) is 4.86. The van der Waals surface area contributed by atoms with Gasteiger partial charge in [0, 0.05) is 31.1 Å². The van der Waals surface area contributed by atoms with Gasteiger partial charge in [-0.05, 0) is 49.5 Å². The molecule has 1 aliphatic rings. The number of benzene rings is 1. The maximum absolute atomic E-state index is 12.9. The Morgan fingerprint density at radius 2 is 2.12 bits per heavy atom. The molecule has 5 nitrogen and oxygen atoms in total. The first-order valence-corrected chi connectivity index (χ1v) is 10.5. The average molecular weight is 407 g/mol. The van der Waals surface area contributed by atoms with Gasteiger partial charge in [-0.2, -0.15) is 4.37 Å². The lowest BCUT2D eigenvalue weighted by atomic mass is 9.97. The van der Waals surface area contributed by atoms with Crippen LogP contribution in [-0.4, -0.2) is 40.3 Å². The molecule has 26 heavy (non-hydrogen) atoms. The molecule has 1 fully saturated rings. The lowest BCUT2D eigenvalue weighted by Crippen LogP contribution is -2.38. The van der Waals surface area contributed by atoms with Gasteiger partial charge < -0.3 is 10.2 Å². The number of aryl methyl sites for hydroxylation is 1. The molecule has 0 unspecified atom stereocenters. The van der Waals surface area contributed by atoms with Crippen LogP contribution in [0.2, 0.25) is 5.02 Å². The number of nitrogens with one attached hydrogen (secondary N) is 1. The van der Waals surface area contributed by atoms with Gasteiger partial charge in [0.05, 0.1) is 26.5 Å². The van der Waals surface area contributed by atoms with E-state index in [9.17, 15) is 4.79 Å². The second-order valence-corrected chi connectivity index (χ2v) is 8.72. The highest BCUT2D eigenvalue weighted by Crippen LogP contribution is 2.35. The van der Waals surface area contributed by atoms with Crippen LogP contribution < -0.4 is 5.32 Å². The van der Waals surface area contributed by atoms with E-state index in [0.29, 0.717) is 11.5 Å². The monoisotopic (exact) mass is 406 g/mol. The first-order valence-electron chi connectivity index (χ1n) is 8.56. The number of thiazole rings is 1. The van der Waals surface area contributed by atoms with Crippen LogP contribution in [0.3, 0.4) is 0 Å². The molecule has 1 aromatic carbocycles. The van der Waals surface area contributed by atoms with Crippen molar-refractivity contribution in [3.8, 4) is 0 Å². The van der Waals surface area contributed by atoms with Gasteiger partial charge in [-0.1, -0.05) is 11.6 Å². The number of carbonyl (C=O) groups is 1. The summed E-state index contributed by atoms with van der Waals surface area (Å²) in [5.41, 5.74) is 2.48. The molecule has 0 bridgehead atoms. The first-order chi connectivity index (χ1) is 12.6. The fourth-order valence-electron chi connectivity index (χ4n) is 3.37. The molecule has 8 heteroatoms. The quantitative estimate of drug-likeness (QED) is 0.680. The molecular weight excluding hydrogens is 388 g/mol. The first kappa shape index (κ1) is 17.7. The number of nitrogens with zero attached hydrogens (tertiary/aromatic N) is 3. The van der Waals surface area contributed by atoms with Gasteiger partial charge in [0.2, 0.25) is 0 Å². The Balaban J connectivity index is 1.48. The Labute approximate surface area is 165 Å². The van der Waals surface area contributed by atoms with Crippen molar-refractivity contribution in [2.75, 3.05) is 25.5 Å². The molecule has 1 N–H and O–H groups in total. The molecular formula is C18H19ClN4OS2. The molecule has 0 atom stereocenters. The predicted octanol–water partition coefficient (Wildman–Crippen LogP) is 4.78. The number of hydrogen-bond acceptors (Lipinski definition) is 6. The largest absolute Gasteiger partial charge is 0.378 e. The van der Waals surface area contributed by atoms with Crippen molar-refractivity contribution in [1.82, 2.24) is 14.3 Å². The van der Waals surface area contributed by atoms with Crippen LogP contribution >= 0.6 is 34.5 Å². The van der Waals surface area contributed by atoms with Gasteiger partial charge in [0.25, 0.3) is 5.91 Å². The van der Waals surface area contributed by atoms with Crippen molar-refractivity contribution in [1.29, 1.82) is 0 Å². The van der Waals surface area contributed by atoms with Crippen molar-refractivity contribution in [2.45, 2.75) is 25.7 Å². The second kappa shape index (κ2) is 7.13. The summed E-state index contributed by atoms with van der Waals surface area (Å²) in [5.74, 6) is 0.482. The van der Waals surface area contributed by atoms with Crippen LogP contribution in [0.15, 0.2) is 18.2 Å². The number of hydrogen-bond donors (Lipinski definition) is 1. The highest BCUT2D eigenvalue weighted by atomic mass is 35.5. The average Bonchev–Trinajstić information content (AvgIpc) is 3.24. The fourth-order valence-corrected chi connectivity index (χ4v) is 5.39. The van der Waals surface area contributed by atoms with Gasteiger partial charge in [-0.15, -0.1) is 11.3 Å². The molecule has 0 saturated carbocycles. The van der Waals surface area contributed by atoms with E-state index in [0.717, 1.165) is 52.2 Å². The maximum atomic E-state index is 12.9. The van der Waals surface area contributed by atoms with E-state index in [-0.39, 0.29) is 5.91 Å². The summed E-state index contributed by atoms with van der Waals surface area (Å²) in [7, 11) is 1.83. The van der Waals surface area contributed by atoms with E-state index in [1.807, 2.05) is 37.1 Å². The van der Waals surface area contributed by atoms with Crippen LogP contribution in [0.4, 0.5) is 5.00 Å². The van der Waals surface area contributed by atoms with Crippen LogP contribution in [0, 0.1) is 6.92 Å². The van der Waals surface area contributed by atoms with Crippen LogP contribution in [0.25, 0.3) is 10.2 Å². The van der Waals surface area contributed by atoms with Gasteiger partial charge >= 0.3 is 0 Å². The standard InChI is InChI=1S/C18H19ClN4OS2/c1-10-15(17(20-2)26-22-10)18(24)23-7-5-11(6-8-23)16-21-13-9-12(19)3-4-14(13)25-16/h3-4,9,11,20H,5-8H2,1-2H3. The van der Waals surface area contributed by atoms with E-state index < -0.39 is 0 Å². The molecule has 3 aromatic rings. The summed E-state index contributed by atoms with van der Waals surface area (Å²) in [6.45, 7) is 3.39. The second-order valence-electron chi connectivity index (χ2n) is 6.45. The zero-order valence-corrected chi connectivity index (χ0v) is 17.0. The topological polar surface area (TPSA) is 58.1 Å². The zero-order valence-electron chi connectivity index (χ0n) is 14.6. The Morgan fingerprint density at radius 3 is 2.85 bits per heavy atom. The number of aromatic nitrogens is 2. The number of likely N-dealkylation sites (tertiary alicyclic amines) is 1. The number of piperidine rings is 1. The number of rotatable bonds is 3. The zero-order chi connectivity index (χ0) is 18.3. The third-order valence-electron chi connectivity index (χ3n) is 4.80. The third-order valence-corrected chi connectivity index (χ3v) is 7.19. The van der Waals surface area contributed by atoms with E-state index in [2.05, 4.69) is 9.69 Å². The number of carbonyl (C=O) groups excluding carboxylic acids is 1. The smallest absolute Gasteiger partial charge is 0.258 e. The summed E-state index contributed by atoms with van der Waals surface area (Å²) >= 11 is 9.14. The molecule has 1 saturated heterocycles. The molecule has 3 heterocycles. The SMILES string of the molecule is CNc1snc(C)c1C(=O)N1CCC(c2nc3cc(Cl)ccc3s2)CC1. The molecule has 0 aliphatic carbocycles. The Hall–Kier alpha value is -1.70. The Morgan fingerprint density at radius 1 is 1.35 bits per heavy atom. The van der Waals surface area contributed by atoms with E-state index >= 15 is 0 Å². The molecule has 0 radical (unpaired) electrons. The molecule has 1 amide bonds. The summed E-state index contributed by atoms with van der Waals surface area (Å²) < 4.78 is 5.48. The number of fused-ring (bicyclic) bond motifs is 1. The van der Waals surface area contributed by atoms with Crippen LogP contribution in [0.1, 0.15) is 39.8 Å². The fraction of sp³-hybridized carbons (Fsp3) is 0.389. The summed E-state index contributed by atoms with van der Waals surface area (Å²) in [5, 5.41) is 5.79. The third kappa shape index (κ3) is 3.19. The highest BCUT2D eigenvalue weighted by Gasteiger charge is 2.29. The van der Waals surface area contributed by atoms with Crippen molar-refractivity contribution < 1.29 is 4.79 Å². The minimum absolute atomic E-state index is 0.0788. The van der Waals surface area contributed by atoms with E-state index in [1.54, 1.807) is 11.3 Å². The number of halogens is 1. The summed E-state index contributed by atoms with van der Waals surface area (Å²) in [6.07, 6.45) is 1.87. The molecule has 136 valence electrons. The Bertz CT molecular complexity index is 959. The maximum Gasteiger partial charge on any atom is 0.258 e. The van der Waals surface area contributed by atoms with E-state index in [4.69, 9.17) is 16.6 Å². The normalized spacial score (nSPS) is 15.6. The minimum Gasteiger partial charge on any atom is -0.378 e. The summed E-state index contributed by atoms with van der Waals surface area (Å²) in [6, 6.07) is 5.86. The van der Waals surface area contributed by atoms with Crippen molar-refractivity contribution in [3.63, 3.8) is 0 Å². The number of anilines is 1. The predicted molar refractivity (Wildman–Crippen MR) is 109 cm³/mol. The molecule has 4 rings (SSSR count). The lowest BCUT2D eigenvalue weighted by molar-refractivity contribution is 0.0713. The molecule has 0 spiro atoms. The van der Waals surface area contributed by atoms with Crippen molar-refractivity contribution >= 4 is 55.6 Å². The van der Waals surface area contributed by atoms with Crippen molar-refractivity contribution in [3.05, 3.63) is 39.5 Å². The van der Waals surface area contributed by atoms with E-state index in [1.165, 1.54) is 16.2 Å². The van der Waals surface area contributed by atoms with Gasteiger partial charge in [0.15, 0.2) is 0 Å². The summed E-state index contributed by atoms with van der Waals surface area (Å²) in [4.78, 5) is 19.6. The highest BCUT2D eigenvalue weighted by molar-refractivity contribution is 7.18. The lowest BCUT2D eigenvalue weighted by Gasteiger charge is -2.31.